The van der Waals surface area contributed by atoms with Crippen LogP contribution in [0.5, 0.6) is 0 Å². The predicted molar refractivity (Wildman–Crippen MR) is 66.5 cm³/mol. The third-order valence-corrected chi connectivity index (χ3v) is 4.12. The molecule has 0 aromatic rings. The van der Waals surface area contributed by atoms with Gasteiger partial charge in [-0.2, -0.15) is 0 Å². The van der Waals surface area contributed by atoms with E-state index in [1.54, 1.807) is 0 Å². The third-order valence-electron chi connectivity index (χ3n) is 4.12. The van der Waals surface area contributed by atoms with Crippen molar-refractivity contribution in [3.63, 3.8) is 0 Å². The fraction of sp³-hybridized carbons (Fsp3) is 0.929. The van der Waals surface area contributed by atoms with Crippen molar-refractivity contribution in [3.05, 3.63) is 0 Å². The summed E-state index contributed by atoms with van der Waals surface area (Å²) in [5, 5.41) is 0. The molecule has 2 nitrogen and oxygen atoms in total. The molecule has 0 aromatic heterocycles. The molecular weight excluding hydrogens is 200 g/mol. The van der Waals surface area contributed by atoms with Crippen LogP contribution in [-0.4, -0.2) is 18.5 Å². The number of hydrogen-bond donors (Lipinski definition) is 0. The summed E-state index contributed by atoms with van der Waals surface area (Å²) in [6.07, 6.45) is 7.66. The molecule has 0 amide bonds. The SMILES string of the molecule is CCCCCCOC1CC(=O)C1(CC)CC. The molecule has 1 atom stereocenters. The first-order valence-corrected chi connectivity index (χ1v) is 6.86. The van der Waals surface area contributed by atoms with Crippen molar-refractivity contribution >= 4 is 5.78 Å². The zero-order valence-electron chi connectivity index (χ0n) is 11.1. The van der Waals surface area contributed by atoms with Crippen LogP contribution in [0.4, 0.5) is 0 Å². The molecule has 16 heavy (non-hydrogen) atoms. The van der Waals surface area contributed by atoms with Gasteiger partial charge in [0.25, 0.3) is 0 Å². The van der Waals surface area contributed by atoms with Gasteiger partial charge in [0.2, 0.25) is 0 Å². The van der Waals surface area contributed by atoms with Crippen LogP contribution in [0, 0.1) is 5.41 Å². The van der Waals surface area contributed by atoms with Crippen LogP contribution < -0.4 is 0 Å². The van der Waals surface area contributed by atoms with Crippen molar-refractivity contribution < 1.29 is 9.53 Å². The number of ketones is 1. The Labute approximate surface area is 99.8 Å². The maximum absolute atomic E-state index is 11.7. The topological polar surface area (TPSA) is 26.3 Å². The lowest BCUT2D eigenvalue weighted by Gasteiger charge is -2.46. The lowest BCUT2D eigenvalue weighted by atomic mass is 9.61. The molecule has 0 radical (unpaired) electrons. The molecule has 2 heteroatoms. The van der Waals surface area contributed by atoms with Crippen molar-refractivity contribution in [2.45, 2.75) is 71.8 Å². The highest BCUT2D eigenvalue weighted by Crippen LogP contribution is 2.45. The van der Waals surface area contributed by atoms with Crippen LogP contribution in [0.3, 0.4) is 0 Å². The first-order chi connectivity index (χ1) is 7.71. The van der Waals surface area contributed by atoms with Gasteiger partial charge in [-0.25, -0.2) is 0 Å². The van der Waals surface area contributed by atoms with Crippen LogP contribution in [0.1, 0.15) is 65.7 Å². The largest absolute Gasteiger partial charge is 0.377 e. The summed E-state index contributed by atoms with van der Waals surface area (Å²) in [4.78, 5) is 11.7. The molecule has 1 aliphatic carbocycles. The van der Waals surface area contributed by atoms with E-state index in [-0.39, 0.29) is 11.5 Å². The molecular formula is C14H26O2. The number of Topliss-reactive ketones (excluding diaryl/α,β-unsaturated/α-hetero) is 1. The summed E-state index contributed by atoms with van der Waals surface area (Å²) >= 11 is 0. The average Bonchev–Trinajstić information content (AvgIpc) is 2.29. The number of carbonyl (C=O) groups excluding carboxylic acids is 1. The van der Waals surface area contributed by atoms with Gasteiger partial charge in [0.05, 0.1) is 11.5 Å². The molecule has 1 saturated carbocycles. The highest BCUT2D eigenvalue weighted by molar-refractivity contribution is 5.92. The minimum Gasteiger partial charge on any atom is -0.377 e. The van der Waals surface area contributed by atoms with E-state index in [2.05, 4.69) is 20.8 Å². The molecule has 0 spiro atoms. The van der Waals surface area contributed by atoms with Gasteiger partial charge < -0.3 is 4.74 Å². The molecule has 1 aliphatic rings. The molecule has 0 heterocycles. The molecule has 0 bridgehead atoms. The van der Waals surface area contributed by atoms with E-state index in [1.807, 2.05) is 0 Å². The van der Waals surface area contributed by atoms with Crippen LogP contribution >= 0.6 is 0 Å². The van der Waals surface area contributed by atoms with E-state index in [0.29, 0.717) is 12.2 Å². The molecule has 0 aromatic carbocycles. The zero-order valence-corrected chi connectivity index (χ0v) is 11.1. The summed E-state index contributed by atoms with van der Waals surface area (Å²) in [7, 11) is 0. The minimum absolute atomic E-state index is 0.134. The number of unbranched alkanes of at least 4 members (excludes halogenated alkanes) is 3. The highest BCUT2D eigenvalue weighted by atomic mass is 16.5. The van der Waals surface area contributed by atoms with Crippen LogP contribution in [0.15, 0.2) is 0 Å². The Morgan fingerprint density at radius 2 is 1.88 bits per heavy atom. The zero-order chi connectivity index (χ0) is 12.0. The van der Waals surface area contributed by atoms with Gasteiger partial charge in [0, 0.05) is 13.0 Å². The Bertz CT molecular complexity index is 219. The van der Waals surface area contributed by atoms with Crippen molar-refractivity contribution in [1.82, 2.24) is 0 Å². The average molecular weight is 226 g/mol. The molecule has 94 valence electrons. The smallest absolute Gasteiger partial charge is 0.144 e. The molecule has 1 unspecified atom stereocenters. The quantitative estimate of drug-likeness (QED) is 0.589. The summed E-state index contributed by atoms with van der Waals surface area (Å²) in [5.74, 6) is 0.413. The van der Waals surface area contributed by atoms with Crippen molar-refractivity contribution in [1.29, 1.82) is 0 Å². The summed E-state index contributed by atoms with van der Waals surface area (Å²) in [5.41, 5.74) is -0.134. The summed E-state index contributed by atoms with van der Waals surface area (Å²) in [6.45, 7) is 7.26. The molecule has 0 N–H and O–H groups in total. The highest BCUT2D eigenvalue weighted by Gasteiger charge is 2.52. The van der Waals surface area contributed by atoms with Crippen LogP contribution in [-0.2, 0) is 9.53 Å². The second-order valence-corrected chi connectivity index (χ2v) is 4.91. The van der Waals surface area contributed by atoms with E-state index >= 15 is 0 Å². The van der Waals surface area contributed by atoms with Gasteiger partial charge in [-0.3, -0.25) is 4.79 Å². The number of rotatable bonds is 8. The Morgan fingerprint density at radius 1 is 1.19 bits per heavy atom. The minimum atomic E-state index is -0.134. The number of carbonyl (C=O) groups is 1. The lowest BCUT2D eigenvalue weighted by molar-refractivity contribution is -0.165. The molecule has 0 aliphatic heterocycles. The second kappa shape index (κ2) is 6.39. The standard InChI is InChI=1S/C14H26O2/c1-4-7-8-9-10-16-13-11-12(15)14(13,5-2)6-3/h13H,4-11H2,1-3H3. The van der Waals surface area contributed by atoms with E-state index in [9.17, 15) is 4.79 Å². The fourth-order valence-electron chi connectivity index (χ4n) is 2.69. The van der Waals surface area contributed by atoms with Crippen LogP contribution in [0.2, 0.25) is 0 Å². The Kier molecular flexibility index (Phi) is 5.47. The maximum atomic E-state index is 11.7. The van der Waals surface area contributed by atoms with Crippen molar-refractivity contribution in [2.24, 2.45) is 5.41 Å². The summed E-state index contributed by atoms with van der Waals surface area (Å²) < 4.78 is 5.87. The molecule has 1 rings (SSSR count). The Balaban J connectivity index is 2.25. The Morgan fingerprint density at radius 3 is 2.38 bits per heavy atom. The van der Waals surface area contributed by atoms with Gasteiger partial charge in [0.15, 0.2) is 0 Å². The van der Waals surface area contributed by atoms with Gasteiger partial charge in [-0.1, -0.05) is 40.0 Å². The van der Waals surface area contributed by atoms with E-state index in [1.165, 1.54) is 19.3 Å². The van der Waals surface area contributed by atoms with Gasteiger partial charge >= 0.3 is 0 Å². The third kappa shape index (κ3) is 2.65. The van der Waals surface area contributed by atoms with E-state index < -0.39 is 0 Å². The lowest BCUT2D eigenvalue weighted by Crippen LogP contribution is -2.54. The predicted octanol–water partition coefficient (Wildman–Crippen LogP) is 3.73. The fourth-order valence-corrected chi connectivity index (χ4v) is 2.69. The first-order valence-electron chi connectivity index (χ1n) is 6.86. The maximum Gasteiger partial charge on any atom is 0.144 e. The first kappa shape index (κ1) is 13.7. The van der Waals surface area contributed by atoms with Gasteiger partial charge in [0.1, 0.15) is 5.78 Å². The summed E-state index contributed by atoms with van der Waals surface area (Å²) in [6, 6.07) is 0. The number of ether oxygens (including phenoxy) is 1. The normalized spacial score (nSPS) is 23.2. The number of hydrogen-bond acceptors (Lipinski definition) is 2. The Hall–Kier alpha value is -0.370. The van der Waals surface area contributed by atoms with Crippen molar-refractivity contribution in [2.75, 3.05) is 6.61 Å². The molecule has 1 fully saturated rings. The second-order valence-electron chi connectivity index (χ2n) is 4.91. The monoisotopic (exact) mass is 226 g/mol. The van der Waals surface area contributed by atoms with Gasteiger partial charge in [-0.15, -0.1) is 0 Å². The van der Waals surface area contributed by atoms with E-state index in [4.69, 9.17) is 4.74 Å². The van der Waals surface area contributed by atoms with Crippen LogP contribution in [0.25, 0.3) is 0 Å². The van der Waals surface area contributed by atoms with E-state index in [0.717, 1.165) is 25.9 Å². The van der Waals surface area contributed by atoms with Gasteiger partial charge in [-0.05, 0) is 19.3 Å². The molecule has 0 saturated heterocycles. The van der Waals surface area contributed by atoms with Crippen molar-refractivity contribution in [3.8, 4) is 0 Å².